The molecule has 2 atom stereocenters. The van der Waals surface area contributed by atoms with E-state index in [1.807, 2.05) is 0 Å². The largest absolute Gasteiger partial charge is 0.394 e. The molecule has 16 heavy (non-hydrogen) atoms. The summed E-state index contributed by atoms with van der Waals surface area (Å²) < 4.78 is 5.61. The summed E-state index contributed by atoms with van der Waals surface area (Å²) in [4.78, 5) is 0. The van der Waals surface area contributed by atoms with Crippen LogP contribution in [0.3, 0.4) is 0 Å². The number of hydrogen-bond donors (Lipinski definition) is 2. The Balaban J connectivity index is 3.47. The van der Waals surface area contributed by atoms with Crippen molar-refractivity contribution < 1.29 is 9.84 Å². The maximum Gasteiger partial charge on any atom is 0.0956 e. The first kappa shape index (κ1) is 15.9. The van der Waals surface area contributed by atoms with Crippen LogP contribution < -0.4 is 5.73 Å². The van der Waals surface area contributed by atoms with E-state index in [9.17, 15) is 0 Å². The minimum absolute atomic E-state index is 0.0226. The summed E-state index contributed by atoms with van der Waals surface area (Å²) >= 11 is 0. The molecule has 0 aliphatic carbocycles. The number of nitrogens with two attached hydrogens (primary N) is 1. The minimum atomic E-state index is -0.175. The number of hydrogen-bond acceptors (Lipinski definition) is 3. The van der Waals surface area contributed by atoms with E-state index >= 15 is 0 Å². The maximum atomic E-state index is 9.16. The van der Waals surface area contributed by atoms with Crippen molar-refractivity contribution in [3.05, 3.63) is 0 Å². The summed E-state index contributed by atoms with van der Waals surface area (Å²) in [6.45, 7) is 5.07. The fourth-order valence-corrected chi connectivity index (χ4v) is 1.77. The molecule has 0 amide bonds. The fraction of sp³-hybridized carbons (Fsp3) is 1.00. The number of rotatable bonds is 11. The second-order valence-electron chi connectivity index (χ2n) is 4.46. The summed E-state index contributed by atoms with van der Waals surface area (Å²) in [6, 6.07) is -0.0226. The standard InChI is InChI=1S/C13H29NO2/c1-3-5-6-7-8-10-16-13(11-15)12(14)9-4-2/h12-13,15H,3-11,14H2,1-2H3. The Morgan fingerprint density at radius 1 is 1.06 bits per heavy atom. The molecule has 0 aromatic heterocycles. The first-order chi connectivity index (χ1) is 7.76. The fourth-order valence-electron chi connectivity index (χ4n) is 1.77. The highest BCUT2D eigenvalue weighted by Gasteiger charge is 2.16. The van der Waals surface area contributed by atoms with Crippen molar-refractivity contribution in [2.45, 2.75) is 70.9 Å². The van der Waals surface area contributed by atoms with Crippen molar-refractivity contribution in [2.75, 3.05) is 13.2 Å². The number of ether oxygens (including phenoxy) is 1. The van der Waals surface area contributed by atoms with Crippen molar-refractivity contribution >= 4 is 0 Å². The molecule has 0 aliphatic heterocycles. The summed E-state index contributed by atoms with van der Waals surface area (Å²) in [7, 11) is 0. The van der Waals surface area contributed by atoms with Crippen molar-refractivity contribution in [3.63, 3.8) is 0 Å². The van der Waals surface area contributed by atoms with Crippen LogP contribution in [-0.2, 0) is 4.74 Å². The highest BCUT2D eigenvalue weighted by Crippen LogP contribution is 2.07. The second-order valence-corrected chi connectivity index (χ2v) is 4.46. The van der Waals surface area contributed by atoms with Gasteiger partial charge in [0.25, 0.3) is 0 Å². The van der Waals surface area contributed by atoms with E-state index in [0.717, 1.165) is 25.9 Å². The molecule has 0 rings (SSSR count). The van der Waals surface area contributed by atoms with Gasteiger partial charge in [-0.05, 0) is 12.8 Å². The summed E-state index contributed by atoms with van der Waals surface area (Å²) in [5, 5.41) is 9.16. The minimum Gasteiger partial charge on any atom is -0.394 e. The van der Waals surface area contributed by atoms with E-state index in [-0.39, 0.29) is 18.8 Å². The van der Waals surface area contributed by atoms with Gasteiger partial charge in [-0.2, -0.15) is 0 Å². The van der Waals surface area contributed by atoms with E-state index < -0.39 is 0 Å². The highest BCUT2D eigenvalue weighted by molar-refractivity contribution is 4.72. The Hall–Kier alpha value is -0.120. The maximum absolute atomic E-state index is 9.16. The molecule has 0 aromatic rings. The van der Waals surface area contributed by atoms with Crippen LogP contribution in [0.1, 0.15) is 58.8 Å². The van der Waals surface area contributed by atoms with Crippen LogP contribution in [-0.4, -0.2) is 30.5 Å². The third kappa shape index (κ3) is 8.08. The lowest BCUT2D eigenvalue weighted by molar-refractivity contribution is -0.00550. The van der Waals surface area contributed by atoms with Crippen LogP contribution in [0.2, 0.25) is 0 Å². The normalized spacial score (nSPS) is 15.0. The van der Waals surface area contributed by atoms with Gasteiger partial charge in [0.1, 0.15) is 0 Å². The smallest absolute Gasteiger partial charge is 0.0956 e. The predicted octanol–water partition coefficient (Wildman–Crippen LogP) is 2.46. The van der Waals surface area contributed by atoms with Crippen molar-refractivity contribution in [2.24, 2.45) is 5.73 Å². The van der Waals surface area contributed by atoms with Gasteiger partial charge in [-0.15, -0.1) is 0 Å². The molecular weight excluding hydrogens is 202 g/mol. The topological polar surface area (TPSA) is 55.5 Å². The van der Waals surface area contributed by atoms with Gasteiger partial charge in [-0.25, -0.2) is 0 Å². The second kappa shape index (κ2) is 11.4. The molecule has 2 unspecified atom stereocenters. The molecule has 0 aliphatic rings. The molecular formula is C13H29NO2. The SMILES string of the molecule is CCCCCCCOC(CO)C(N)CCC. The van der Waals surface area contributed by atoms with Crippen molar-refractivity contribution in [3.8, 4) is 0 Å². The molecule has 3 N–H and O–H groups in total. The van der Waals surface area contributed by atoms with E-state index in [1.165, 1.54) is 25.7 Å². The zero-order valence-corrected chi connectivity index (χ0v) is 11.0. The van der Waals surface area contributed by atoms with Gasteiger partial charge in [-0.1, -0.05) is 46.0 Å². The molecule has 0 saturated heterocycles. The summed E-state index contributed by atoms with van der Waals surface area (Å²) in [5.41, 5.74) is 5.92. The van der Waals surface area contributed by atoms with Gasteiger partial charge in [0, 0.05) is 12.6 Å². The van der Waals surface area contributed by atoms with Crippen LogP contribution in [0.15, 0.2) is 0 Å². The van der Waals surface area contributed by atoms with Crippen LogP contribution in [0, 0.1) is 0 Å². The van der Waals surface area contributed by atoms with Crippen LogP contribution in [0.4, 0.5) is 0 Å². The van der Waals surface area contributed by atoms with Crippen LogP contribution >= 0.6 is 0 Å². The molecule has 0 fully saturated rings. The Morgan fingerprint density at radius 3 is 2.31 bits per heavy atom. The average molecular weight is 231 g/mol. The predicted molar refractivity (Wildman–Crippen MR) is 68.5 cm³/mol. The lowest BCUT2D eigenvalue weighted by Gasteiger charge is -2.21. The van der Waals surface area contributed by atoms with E-state index in [2.05, 4.69) is 13.8 Å². The lowest BCUT2D eigenvalue weighted by Crippen LogP contribution is -2.39. The third-order valence-corrected chi connectivity index (χ3v) is 2.86. The molecule has 0 saturated carbocycles. The molecule has 0 heterocycles. The quantitative estimate of drug-likeness (QED) is 0.537. The number of aliphatic hydroxyl groups excluding tert-OH is 1. The highest BCUT2D eigenvalue weighted by atomic mass is 16.5. The summed E-state index contributed by atoms with van der Waals surface area (Å²) in [5.74, 6) is 0. The Kier molecular flexibility index (Phi) is 11.3. The number of aliphatic hydroxyl groups is 1. The third-order valence-electron chi connectivity index (χ3n) is 2.86. The first-order valence-electron chi connectivity index (χ1n) is 6.74. The monoisotopic (exact) mass is 231 g/mol. The van der Waals surface area contributed by atoms with Crippen LogP contribution in [0.5, 0.6) is 0 Å². The van der Waals surface area contributed by atoms with E-state index in [0.29, 0.717) is 0 Å². The van der Waals surface area contributed by atoms with Gasteiger partial charge in [0.05, 0.1) is 12.7 Å². The van der Waals surface area contributed by atoms with E-state index in [4.69, 9.17) is 15.6 Å². The molecule has 3 heteroatoms. The molecule has 98 valence electrons. The van der Waals surface area contributed by atoms with Crippen molar-refractivity contribution in [1.82, 2.24) is 0 Å². The molecule has 3 nitrogen and oxygen atoms in total. The zero-order chi connectivity index (χ0) is 12.2. The summed E-state index contributed by atoms with van der Waals surface area (Å²) in [6.07, 6.45) is 7.93. The molecule has 0 bridgehead atoms. The first-order valence-corrected chi connectivity index (χ1v) is 6.74. The average Bonchev–Trinajstić information content (AvgIpc) is 2.28. The molecule has 0 spiro atoms. The van der Waals surface area contributed by atoms with Gasteiger partial charge >= 0.3 is 0 Å². The van der Waals surface area contributed by atoms with Gasteiger partial charge < -0.3 is 15.6 Å². The van der Waals surface area contributed by atoms with Gasteiger partial charge in [0.2, 0.25) is 0 Å². The van der Waals surface area contributed by atoms with Crippen molar-refractivity contribution in [1.29, 1.82) is 0 Å². The Labute approximate surface area is 100 Å². The van der Waals surface area contributed by atoms with Gasteiger partial charge in [0.15, 0.2) is 0 Å². The van der Waals surface area contributed by atoms with Crippen LogP contribution in [0.25, 0.3) is 0 Å². The Bertz CT molecular complexity index is 142. The lowest BCUT2D eigenvalue weighted by atomic mass is 10.1. The molecule has 0 aromatic carbocycles. The number of unbranched alkanes of at least 4 members (excludes halogenated alkanes) is 4. The molecule has 0 radical (unpaired) electrons. The van der Waals surface area contributed by atoms with Gasteiger partial charge in [-0.3, -0.25) is 0 Å². The zero-order valence-electron chi connectivity index (χ0n) is 11.0. The van der Waals surface area contributed by atoms with E-state index in [1.54, 1.807) is 0 Å². The Morgan fingerprint density at radius 2 is 1.75 bits per heavy atom.